The van der Waals surface area contributed by atoms with E-state index in [4.69, 9.17) is 4.74 Å². The molecule has 1 nitrogen and oxygen atoms in total. The zero-order valence-electron chi connectivity index (χ0n) is 18.7. The highest BCUT2D eigenvalue weighted by Crippen LogP contribution is 2.48. The Morgan fingerprint density at radius 3 is 2.52 bits per heavy atom. The molecule has 1 heteroatoms. The summed E-state index contributed by atoms with van der Waals surface area (Å²) in [6.07, 6.45) is 20.0. The zero-order chi connectivity index (χ0) is 20.1. The van der Waals surface area contributed by atoms with Crippen LogP contribution in [0.3, 0.4) is 0 Å². The fraction of sp³-hybridized carbons (Fsp3) is 0.714. The van der Waals surface area contributed by atoms with Crippen LogP contribution in [0.15, 0.2) is 30.9 Å². The van der Waals surface area contributed by atoms with Crippen LogP contribution in [0.2, 0.25) is 0 Å². The second-order valence-corrected chi connectivity index (χ2v) is 10.2. The van der Waals surface area contributed by atoms with Crippen molar-refractivity contribution in [3.63, 3.8) is 0 Å². The third-order valence-corrected chi connectivity index (χ3v) is 8.41. The number of allylic oxidation sites excluding steroid dienone is 1. The average Bonchev–Trinajstić information content (AvgIpc) is 2.77. The zero-order valence-corrected chi connectivity index (χ0v) is 18.7. The summed E-state index contributed by atoms with van der Waals surface area (Å²) >= 11 is 0. The number of aryl methyl sites for hydroxylation is 1. The van der Waals surface area contributed by atoms with Crippen molar-refractivity contribution in [3.8, 4) is 5.75 Å². The Bertz CT molecular complexity index is 662. The van der Waals surface area contributed by atoms with Gasteiger partial charge in [0.15, 0.2) is 0 Å². The Morgan fingerprint density at radius 2 is 1.69 bits per heavy atom. The summed E-state index contributed by atoms with van der Waals surface area (Å²) in [4.78, 5) is 0. The number of ether oxygens (including phenoxy) is 1. The maximum atomic E-state index is 6.03. The van der Waals surface area contributed by atoms with E-state index < -0.39 is 0 Å². The molecule has 3 aliphatic rings. The van der Waals surface area contributed by atoms with Crippen LogP contribution >= 0.6 is 0 Å². The number of hydrogen-bond acceptors (Lipinski definition) is 1. The molecule has 2 fully saturated rings. The van der Waals surface area contributed by atoms with Crippen LogP contribution in [-0.4, -0.2) is 6.61 Å². The minimum atomic E-state index is 0.803. The van der Waals surface area contributed by atoms with E-state index in [0.717, 1.165) is 41.9 Å². The molecule has 0 radical (unpaired) electrons. The lowest BCUT2D eigenvalue weighted by Gasteiger charge is -2.44. The quantitative estimate of drug-likeness (QED) is 0.323. The van der Waals surface area contributed by atoms with Gasteiger partial charge in [-0.1, -0.05) is 38.3 Å². The first-order valence-corrected chi connectivity index (χ1v) is 12.6. The molecular weight excluding hydrogens is 352 g/mol. The van der Waals surface area contributed by atoms with Crippen molar-refractivity contribution in [1.82, 2.24) is 0 Å². The van der Waals surface area contributed by atoms with E-state index in [0.29, 0.717) is 0 Å². The highest BCUT2D eigenvalue weighted by atomic mass is 16.5. The summed E-state index contributed by atoms with van der Waals surface area (Å²) in [6, 6.07) is 6.96. The minimum absolute atomic E-state index is 0.803. The summed E-state index contributed by atoms with van der Waals surface area (Å²) in [5.74, 6) is 5.79. The standard InChI is InChI=1S/C28H42O/c1-3-5-6-7-16-29-28-15-14-26-19-25(12-13-27(26)20-28)24-11-10-22-17-21(4-2)8-9-23(22)18-24/h4,14-15,20-25H,2-3,5-13,16-19H2,1H3. The van der Waals surface area contributed by atoms with Crippen LogP contribution < -0.4 is 4.74 Å². The molecule has 1 aromatic rings. The van der Waals surface area contributed by atoms with E-state index in [2.05, 4.69) is 37.8 Å². The molecule has 0 heterocycles. The molecule has 0 spiro atoms. The molecule has 1 aromatic carbocycles. The molecule has 0 N–H and O–H groups in total. The molecule has 160 valence electrons. The second-order valence-electron chi connectivity index (χ2n) is 10.2. The predicted molar refractivity (Wildman–Crippen MR) is 123 cm³/mol. The normalized spacial score (nSPS) is 31.6. The molecule has 2 saturated carbocycles. The molecule has 4 rings (SSSR count). The fourth-order valence-corrected chi connectivity index (χ4v) is 6.57. The van der Waals surface area contributed by atoms with E-state index >= 15 is 0 Å². The van der Waals surface area contributed by atoms with Crippen LogP contribution in [0.5, 0.6) is 5.75 Å². The van der Waals surface area contributed by atoms with Gasteiger partial charge in [-0.05, 0) is 117 Å². The Kier molecular flexibility index (Phi) is 7.38. The Hall–Kier alpha value is -1.24. The summed E-state index contributed by atoms with van der Waals surface area (Å²) in [5.41, 5.74) is 3.17. The summed E-state index contributed by atoms with van der Waals surface area (Å²) < 4.78 is 6.03. The van der Waals surface area contributed by atoms with Gasteiger partial charge in [-0.2, -0.15) is 0 Å². The first kappa shape index (κ1) is 21.0. The molecule has 5 unspecified atom stereocenters. The van der Waals surface area contributed by atoms with Crippen LogP contribution in [-0.2, 0) is 12.8 Å². The predicted octanol–water partition coefficient (Wildman–Crippen LogP) is 7.77. The molecule has 0 amide bonds. The third-order valence-electron chi connectivity index (χ3n) is 8.41. The van der Waals surface area contributed by atoms with E-state index in [1.165, 1.54) is 83.5 Å². The van der Waals surface area contributed by atoms with Gasteiger partial charge in [0.1, 0.15) is 5.75 Å². The number of benzene rings is 1. The lowest BCUT2D eigenvalue weighted by molar-refractivity contribution is 0.0811. The van der Waals surface area contributed by atoms with Crippen molar-refractivity contribution < 1.29 is 4.74 Å². The molecule has 0 bridgehead atoms. The van der Waals surface area contributed by atoms with Gasteiger partial charge in [0.05, 0.1) is 6.61 Å². The van der Waals surface area contributed by atoms with Gasteiger partial charge in [0.25, 0.3) is 0 Å². The summed E-state index contributed by atoms with van der Waals surface area (Å²) in [7, 11) is 0. The second kappa shape index (κ2) is 10.2. The minimum Gasteiger partial charge on any atom is -0.494 e. The van der Waals surface area contributed by atoms with Crippen LogP contribution in [0.1, 0.15) is 88.7 Å². The van der Waals surface area contributed by atoms with E-state index in [-0.39, 0.29) is 0 Å². The average molecular weight is 395 g/mol. The number of rotatable bonds is 8. The number of fused-ring (bicyclic) bond motifs is 2. The van der Waals surface area contributed by atoms with Crippen molar-refractivity contribution in [2.75, 3.05) is 6.61 Å². The molecule has 29 heavy (non-hydrogen) atoms. The largest absolute Gasteiger partial charge is 0.494 e. The van der Waals surface area contributed by atoms with E-state index in [1.54, 1.807) is 11.1 Å². The molecular formula is C28H42O. The molecule has 5 atom stereocenters. The monoisotopic (exact) mass is 394 g/mol. The van der Waals surface area contributed by atoms with E-state index in [1.807, 2.05) is 0 Å². The maximum Gasteiger partial charge on any atom is 0.119 e. The van der Waals surface area contributed by atoms with Gasteiger partial charge in [0.2, 0.25) is 0 Å². The highest BCUT2D eigenvalue weighted by Gasteiger charge is 2.38. The molecule has 0 aromatic heterocycles. The van der Waals surface area contributed by atoms with Crippen molar-refractivity contribution in [2.45, 2.75) is 90.4 Å². The van der Waals surface area contributed by atoms with Gasteiger partial charge in [-0.15, -0.1) is 6.58 Å². The van der Waals surface area contributed by atoms with Crippen molar-refractivity contribution >= 4 is 0 Å². The fourth-order valence-electron chi connectivity index (χ4n) is 6.57. The SMILES string of the molecule is C=CC1CCC2CC(C3CCc4cc(OCCCCCC)ccc4C3)CCC2C1. The number of unbranched alkanes of at least 4 members (excludes halogenated alkanes) is 3. The van der Waals surface area contributed by atoms with Crippen LogP contribution in [0.25, 0.3) is 0 Å². The Labute approximate surface area is 179 Å². The van der Waals surface area contributed by atoms with Gasteiger partial charge >= 0.3 is 0 Å². The van der Waals surface area contributed by atoms with Gasteiger partial charge in [-0.3, -0.25) is 0 Å². The highest BCUT2D eigenvalue weighted by molar-refractivity contribution is 5.37. The van der Waals surface area contributed by atoms with Gasteiger partial charge < -0.3 is 4.74 Å². The molecule has 0 aliphatic heterocycles. The van der Waals surface area contributed by atoms with Crippen molar-refractivity contribution in [2.24, 2.45) is 29.6 Å². The molecule has 0 saturated heterocycles. The lowest BCUT2D eigenvalue weighted by Crippen LogP contribution is -2.34. The maximum absolute atomic E-state index is 6.03. The van der Waals surface area contributed by atoms with Gasteiger partial charge in [0, 0.05) is 0 Å². The molecule has 3 aliphatic carbocycles. The Balaban J connectivity index is 1.28. The summed E-state index contributed by atoms with van der Waals surface area (Å²) in [6.45, 7) is 7.19. The lowest BCUT2D eigenvalue weighted by atomic mass is 9.61. The summed E-state index contributed by atoms with van der Waals surface area (Å²) in [5, 5.41) is 0. The van der Waals surface area contributed by atoms with Crippen molar-refractivity contribution in [3.05, 3.63) is 42.0 Å². The van der Waals surface area contributed by atoms with Gasteiger partial charge in [-0.25, -0.2) is 0 Å². The van der Waals surface area contributed by atoms with Crippen LogP contribution in [0, 0.1) is 29.6 Å². The Morgan fingerprint density at radius 1 is 0.897 bits per heavy atom. The third kappa shape index (κ3) is 5.28. The first-order chi connectivity index (χ1) is 14.3. The van der Waals surface area contributed by atoms with Crippen LogP contribution in [0.4, 0.5) is 0 Å². The smallest absolute Gasteiger partial charge is 0.119 e. The van der Waals surface area contributed by atoms with Crippen molar-refractivity contribution in [1.29, 1.82) is 0 Å². The topological polar surface area (TPSA) is 9.23 Å². The van der Waals surface area contributed by atoms with E-state index in [9.17, 15) is 0 Å². The first-order valence-electron chi connectivity index (χ1n) is 12.6. The number of hydrogen-bond donors (Lipinski definition) is 0.